The first kappa shape index (κ1) is 46.0. The average molecular weight is 803 g/mol. The maximum atomic E-state index is 15.4. The van der Waals surface area contributed by atoms with Gasteiger partial charge in [0, 0.05) is 30.5 Å². The van der Waals surface area contributed by atoms with Gasteiger partial charge in [0.25, 0.3) is 0 Å². The van der Waals surface area contributed by atoms with Crippen LogP contribution in [0.4, 0.5) is 17.6 Å². The van der Waals surface area contributed by atoms with Crippen LogP contribution in [0.1, 0.15) is 228 Å². The Bertz CT molecular complexity index is 1470. The minimum absolute atomic E-state index is 0.229. The van der Waals surface area contributed by atoms with E-state index in [0.29, 0.717) is 4.88 Å². The van der Waals surface area contributed by atoms with Crippen LogP contribution >= 0.6 is 22.7 Å². The Balaban J connectivity index is 1.36. The molecule has 0 amide bonds. The highest BCUT2D eigenvalue weighted by Crippen LogP contribution is 2.61. The summed E-state index contributed by atoms with van der Waals surface area (Å²) in [7, 11) is 0. The van der Waals surface area contributed by atoms with Crippen LogP contribution in [0.3, 0.4) is 0 Å². The molecule has 0 saturated carbocycles. The number of fused-ring (bicyclic) bond motifs is 3. The molecule has 3 aromatic rings. The van der Waals surface area contributed by atoms with Gasteiger partial charge in [0.2, 0.25) is 0 Å². The van der Waals surface area contributed by atoms with Crippen molar-refractivity contribution < 1.29 is 17.6 Å². The standard InChI is InChI=1S/C49H74F4S2/c1-5-7-9-11-13-15-17-19-21-23-25-27-29-31-33-49(34-32-30-28-26-24-22-20-18-16-14-12-10-8-6-2)39-35-37(3)54-47(39)48-40(49)36-41(55-48)42-45(52)43(50)38(4)44(51)46(42)53/h35-36H,5-34H2,1-4H3. The van der Waals surface area contributed by atoms with Gasteiger partial charge in [-0.3, -0.25) is 0 Å². The largest absolute Gasteiger partial charge is 0.203 e. The molecule has 0 spiro atoms. The van der Waals surface area contributed by atoms with Gasteiger partial charge in [0.15, 0.2) is 23.3 Å². The molecule has 1 aliphatic carbocycles. The second-order valence-electron chi connectivity index (χ2n) is 17.0. The summed E-state index contributed by atoms with van der Waals surface area (Å²) in [4.78, 5) is 3.76. The molecule has 0 saturated heterocycles. The van der Waals surface area contributed by atoms with E-state index < -0.39 is 34.4 Å². The van der Waals surface area contributed by atoms with E-state index in [2.05, 4.69) is 26.8 Å². The number of hydrogen-bond acceptors (Lipinski definition) is 2. The van der Waals surface area contributed by atoms with Crippen molar-refractivity contribution in [1.82, 2.24) is 0 Å². The van der Waals surface area contributed by atoms with E-state index in [1.54, 1.807) is 11.3 Å². The predicted octanol–water partition coefficient (Wildman–Crippen LogP) is 18.7. The summed E-state index contributed by atoms with van der Waals surface area (Å²) >= 11 is 3.06. The highest BCUT2D eigenvalue weighted by molar-refractivity contribution is 7.24. The molecule has 0 fully saturated rings. The van der Waals surface area contributed by atoms with E-state index >= 15 is 8.78 Å². The lowest BCUT2D eigenvalue weighted by Gasteiger charge is -2.31. The van der Waals surface area contributed by atoms with Gasteiger partial charge in [0.1, 0.15) is 0 Å². The molecule has 4 rings (SSSR count). The van der Waals surface area contributed by atoms with Gasteiger partial charge in [-0.1, -0.05) is 194 Å². The third-order valence-electron chi connectivity index (χ3n) is 12.5. The predicted molar refractivity (Wildman–Crippen MR) is 233 cm³/mol. The normalized spacial score (nSPS) is 13.2. The highest BCUT2D eigenvalue weighted by atomic mass is 32.1. The second kappa shape index (κ2) is 25.0. The van der Waals surface area contributed by atoms with E-state index in [4.69, 9.17) is 0 Å². The van der Waals surface area contributed by atoms with Crippen LogP contribution in [0.25, 0.3) is 20.2 Å². The number of benzene rings is 1. The third kappa shape index (κ3) is 13.2. The summed E-state index contributed by atoms with van der Waals surface area (Å²) in [6.07, 6.45) is 38.9. The van der Waals surface area contributed by atoms with Crippen LogP contribution < -0.4 is 0 Å². The third-order valence-corrected chi connectivity index (χ3v) is 14.8. The molecule has 55 heavy (non-hydrogen) atoms. The van der Waals surface area contributed by atoms with Gasteiger partial charge < -0.3 is 0 Å². The molecule has 0 nitrogen and oxygen atoms in total. The Morgan fingerprint density at radius 3 is 1.13 bits per heavy atom. The molecule has 1 aromatic carbocycles. The summed E-state index contributed by atoms with van der Waals surface area (Å²) < 4.78 is 60.3. The van der Waals surface area contributed by atoms with E-state index in [1.807, 2.05) is 6.07 Å². The lowest BCUT2D eigenvalue weighted by molar-refractivity contribution is 0.397. The maximum absolute atomic E-state index is 15.4. The molecule has 0 unspecified atom stereocenters. The van der Waals surface area contributed by atoms with Gasteiger partial charge >= 0.3 is 0 Å². The number of hydrogen-bond donors (Lipinski definition) is 0. The maximum Gasteiger partial charge on any atom is 0.170 e. The molecule has 0 aliphatic heterocycles. The van der Waals surface area contributed by atoms with Gasteiger partial charge in [-0.2, -0.15) is 0 Å². The number of halogens is 4. The smallest absolute Gasteiger partial charge is 0.170 e. The Hall–Kier alpha value is -1.66. The molecule has 0 N–H and O–H groups in total. The molecule has 0 atom stereocenters. The molecule has 0 radical (unpaired) electrons. The molecular weight excluding hydrogens is 729 g/mol. The second-order valence-corrected chi connectivity index (χ2v) is 19.3. The molecule has 1 aliphatic rings. The van der Waals surface area contributed by atoms with E-state index in [0.717, 1.165) is 43.0 Å². The number of unbranched alkanes of at least 4 members (excludes halogenated alkanes) is 26. The average Bonchev–Trinajstić information content (AvgIpc) is 3.85. The van der Waals surface area contributed by atoms with Crippen molar-refractivity contribution in [2.45, 2.75) is 226 Å². The lowest BCUT2D eigenvalue weighted by Crippen LogP contribution is -2.25. The van der Waals surface area contributed by atoms with Crippen molar-refractivity contribution >= 4 is 22.7 Å². The van der Waals surface area contributed by atoms with E-state index in [1.165, 1.54) is 194 Å². The molecule has 310 valence electrons. The van der Waals surface area contributed by atoms with Crippen molar-refractivity contribution in [2.24, 2.45) is 0 Å². The topological polar surface area (TPSA) is 0 Å². The van der Waals surface area contributed by atoms with Crippen molar-refractivity contribution in [3.8, 4) is 20.2 Å². The van der Waals surface area contributed by atoms with Crippen LogP contribution in [-0.4, -0.2) is 0 Å². The van der Waals surface area contributed by atoms with Crippen molar-refractivity contribution in [2.75, 3.05) is 0 Å². The van der Waals surface area contributed by atoms with Crippen LogP contribution in [-0.2, 0) is 5.41 Å². The fourth-order valence-corrected chi connectivity index (χ4v) is 11.6. The monoisotopic (exact) mass is 803 g/mol. The van der Waals surface area contributed by atoms with Gasteiger partial charge in [-0.25, -0.2) is 17.6 Å². The molecule has 6 heteroatoms. The summed E-state index contributed by atoms with van der Waals surface area (Å²) in [6.45, 7) is 7.78. The van der Waals surface area contributed by atoms with Crippen LogP contribution in [0, 0.1) is 37.1 Å². The Morgan fingerprint density at radius 2 is 0.745 bits per heavy atom. The van der Waals surface area contributed by atoms with Gasteiger partial charge in [-0.15, -0.1) is 22.7 Å². The first-order valence-electron chi connectivity index (χ1n) is 22.8. The van der Waals surface area contributed by atoms with E-state index in [-0.39, 0.29) is 5.41 Å². The minimum atomic E-state index is -1.30. The van der Waals surface area contributed by atoms with Crippen molar-refractivity contribution in [1.29, 1.82) is 0 Å². The lowest BCUT2D eigenvalue weighted by atomic mass is 9.71. The van der Waals surface area contributed by atoms with Crippen molar-refractivity contribution in [3.63, 3.8) is 0 Å². The first-order chi connectivity index (χ1) is 26.8. The summed E-state index contributed by atoms with van der Waals surface area (Å²) in [5.41, 5.74) is 1.10. The van der Waals surface area contributed by atoms with Crippen LogP contribution in [0.5, 0.6) is 0 Å². The zero-order valence-electron chi connectivity index (χ0n) is 35.2. The zero-order valence-corrected chi connectivity index (χ0v) is 36.8. The van der Waals surface area contributed by atoms with Gasteiger partial charge in [0.05, 0.1) is 5.56 Å². The molecule has 2 aromatic heterocycles. The minimum Gasteiger partial charge on any atom is -0.203 e. The fourth-order valence-electron chi connectivity index (χ4n) is 9.09. The van der Waals surface area contributed by atoms with Crippen LogP contribution in [0.2, 0.25) is 0 Å². The molecule has 0 bridgehead atoms. The number of rotatable bonds is 31. The summed E-state index contributed by atoms with van der Waals surface area (Å²) in [5, 5.41) is 0. The first-order valence-corrected chi connectivity index (χ1v) is 24.5. The molecular formula is C49H74F4S2. The summed E-state index contributed by atoms with van der Waals surface area (Å²) in [6, 6.07) is 4.25. The SMILES string of the molecule is CCCCCCCCCCCCCCCCC1(CCCCCCCCCCCCCCCC)c2cc(C)sc2-c2sc(-c3c(F)c(F)c(C)c(F)c3F)cc21. The Kier molecular flexibility index (Phi) is 20.9. The molecule has 2 heterocycles. The number of thiophene rings is 2. The van der Waals surface area contributed by atoms with Gasteiger partial charge in [-0.05, 0) is 49.9 Å². The quantitative estimate of drug-likeness (QED) is 0.0345. The number of aryl methyl sites for hydroxylation is 1. The summed E-state index contributed by atoms with van der Waals surface area (Å²) in [5.74, 6) is -5.18. The van der Waals surface area contributed by atoms with Crippen molar-refractivity contribution in [3.05, 3.63) is 57.0 Å². The Labute approximate surface area is 341 Å². The fraction of sp³-hybridized carbons (Fsp3) is 0.714. The van der Waals surface area contributed by atoms with Crippen LogP contribution in [0.15, 0.2) is 12.1 Å². The highest BCUT2D eigenvalue weighted by Gasteiger charge is 2.45. The van der Waals surface area contributed by atoms with E-state index in [9.17, 15) is 8.78 Å². The Morgan fingerprint density at radius 1 is 0.418 bits per heavy atom. The zero-order chi connectivity index (χ0) is 39.5.